The first-order valence-electron chi connectivity index (χ1n) is 7.74. The molecule has 3 aromatic rings. The van der Waals surface area contributed by atoms with Crippen LogP contribution in [0.4, 0.5) is 5.69 Å². The molecule has 0 bridgehead atoms. The van der Waals surface area contributed by atoms with E-state index in [1.807, 2.05) is 42.6 Å². The Bertz CT molecular complexity index is 968. The van der Waals surface area contributed by atoms with Crippen LogP contribution in [0.1, 0.15) is 13.3 Å². The zero-order valence-corrected chi connectivity index (χ0v) is 16.7. The summed E-state index contributed by atoms with van der Waals surface area (Å²) in [5, 5.41) is 5.30. The Morgan fingerprint density at radius 3 is 3.00 bits per heavy atom. The van der Waals surface area contributed by atoms with Gasteiger partial charge >= 0.3 is 0 Å². The van der Waals surface area contributed by atoms with Crippen molar-refractivity contribution in [1.82, 2.24) is 9.55 Å². The van der Waals surface area contributed by atoms with Crippen LogP contribution in [0.3, 0.4) is 0 Å². The first-order chi connectivity index (χ1) is 12.1. The van der Waals surface area contributed by atoms with Crippen molar-refractivity contribution in [3.8, 4) is 0 Å². The van der Waals surface area contributed by atoms with E-state index in [2.05, 4.69) is 26.2 Å². The minimum atomic E-state index is -0.134. The summed E-state index contributed by atoms with van der Waals surface area (Å²) < 4.78 is 3.23. The standard InChI is InChI=1S/C17H16BrN3O2S2/c1-2-7-21-16(23)15-13(6-8-24-15)20-17(21)25-10-14(22)19-12-5-3-4-11(18)9-12/h3-6,8-9H,2,7,10H2,1H3,(H,19,22). The van der Waals surface area contributed by atoms with Gasteiger partial charge in [-0.05, 0) is 36.1 Å². The number of carbonyl (C=O) groups excluding carboxylic acids is 1. The second-order valence-electron chi connectivity index (χ2n) is 5.33. The maximum absolute atomic E-state index is 12.6. The maximum Gasteiger partial charge on any atom is 0.272 e. The molecule has 0 atom stereocenters. The largest absolute Gasteiger partial charge is 0.325 e. The average molecular weight is 438 g/mol. The number of aromatic nitrogens is 2. The number of rotatable bonds is 6. The van der Waals surface area contributed by atoms with Gasteiger partial charge in [0.05, 0.1) is 11.3 Å². The lowest BCUT2D eigenvalue weighted by molar-refractivity contribution is -0.113. The summed E-state index contributed by atoms with van der Waals surface area (Å²) in [6.07, 6.45) is 0.830. The second kappa shape index (κ2) is 8.16. The van der Waals surface area contributed by atoms with Crippen molar-refractivity contribution in [3.63, 3.8) is 0 Å². The predicted octanol–water partition coefficient (Wildman–Crippen LogP) is 4.36. The van der Waals surface area contributed by atoms with Crippen LogP contribution in [0.2, 0.25) is 0 Å². The third kappa shape index (κ3) is 4.31. The molecule has 0 spiro atoms. The highest BCUT2D eigenvalue weighted by Gasteiger charge is 2.13. The van der Waals surface area contributed by atoms with E-state index in [0.29, 0.717) is 21.9 Å². The molecule has 0 aliphatic rings. The van der Waals surface area contributed by atoms with Gasteiger partial charge in [0.1, 0.15) is 4.70 Å². The van der Waals surface area contributed by atoms with Crippen LogP contribution in [0, 0.1) is 0 Å². The molecule has 0 fully saturated rings. The van der Waals surface area contributed by atoms with Crippen molar-refractivity contribution in [1.29, 1.82) is 0 Å². The van der Waals surface area contributed by atoms with Gasteiger partial charge in [-0.25, -0.2) is 4.98 Å². The van der Waals surface area contributed by atoms with E-state index >= 15 is 0 Å². The number of hydrogen-bond acceptors (Lipinski definition) is 5. The first-order valence-corrected chi connectivity index (χ1v) is 10.4. The second-order valence-corrected chi connectivity index (χ2v) is 8.11. The van der Waals surface area contributed by atoms with Crippen molar-refractivity contribution >= 4 is 60.8 Å². The first kappa shape index (κ1) is 18.2. The molecule has 2 heterocycles. The van der Waals surface area contributed by atoms with Gasteiger partial charge in [0.2, 0.25) is 5.91 Å². The van der Waals surface area contributed by atoms with E-state index < -0.39 is 0 Å². The lowest BCUT2D eigenvalue weighted by atomic mass is 10.3. The summed E-state index contributed by atoms with van der Waals surface area (Å²) in [4.78, 5) is 29.3. The highest BCUT2D eigenvalue weighted by atomic mass is 79.9. The number of carbonyl (C=O) groups is 1. The molecule has 0 saturated heterocycles. The summed E-state index contributed by atoms with van der Waals surface area (Å²) in [7, 11) is 0. The lowest BCUT2D eigenvalue weighted by Crippen LogP contribution is -2.23. The fourth-order valence-corrected chi connectivity index (χ4v) is 4.35. The number of nitrogens with zero attached hydrogens (tertiary/aromatic N) is 2. The average Bonchev–Trinajstić information content (AvgIpc) is 3.05. The van der Waals surface area contributed by atoms with Crippen LogP contribution >= 0.6 is 39.0 Å². The molecule has 1 amide bonds. The van der Waals surface area contributed by atoms with Gasteiger partial charge < -0.3 is 5.32 Å². The highest BCUT2D eigenvalue weighted by molar-refractivity contribution is 9.10. The zero-order chi connectivity index (χ0) is 17.8. The highest BCUT2D eigenvalue weighted by Crippen LogP contribution is 2.22. The number of thiophene rings is 1. The number of halogens is 1. The third-order valence-corrected chi connectivity index (χ3v) is 5.78. The van der Waals surface area contributed by atoms with E-state index in [-0.39, 0.29) is 17.2 Å². The van der Waals surface area contributed by atoms with Crippen molar-refractivity contribution in [2.45, 2.75) is 25.0 Å². The number of thioether (sulfide) groups is 1. The summed E-state index contributed by atoms with van der Waals surface area (Å²) in [6, 6.07) is 9.26. The minimum Gasteiger partial charge on any atom is -0.325 e. The van der Waals surface area contributed by atoms with E-state index in [9.17, 15) is 9.59 Å². The quantitative estimate of drug-likeness (QED) is 0.459. The molecule has 3 rings (SSSR count). The van der Waals surface area contributed by atoms with Crippen molar-refractivity contribution in [2.75, 3.05) is 11.1 Å². The smallest absolute Gasteiger partial charge is 0.272 e. The number of amides is 1. The Morgan fingerprint density at radius 1 is 1.40 bits per heavy atom. The SMILES string of the molecule is CCCn1c(SCC(=O)Nc2cccc(Br)c2)nc2ccsc2c1=O. The van der Waals surface area contributed by atoms with Crippen molar-refractivity contribution in [3.05, 3.63) is 50.5 Å². The van der Waals surface area contributed by atoms with Gasteiger partial charge in [-0.1, -0.05) is 40.7 Å². The normalized spacial score (nSPS) is 11.0. The number of anilines is 1. The Morgan fingerprint density at radius 2 is 2.24 bits per heavy atom. The monoisotopic (exact) mass is 437 g/mol. The molecule has 130 valence electrons. The van der Waals surface area contributed by atoms with Crippen LogP contribution in [-0.4, -0.2) is 21.2 Å². The Balaban J connectivity index is 1.77. The number of fused-ring (bicyclic) bond motifs is 1. The number of hydrogen-bond donors (Lipinski definition) is 1. The molecule has 0 saturated carbocycles. The lowest BCUT2D eigenvalue weighted by Gasteiger charge is -2.11. The summed E-state index contributed by atoms with van der Waals surface area (Å²) in [6.45, 7) is 2.61. The van der Waals surface area contributed by atoms with E-state index in [1.165, 1.54) is 23.1 Å². The molecule has 1 aromatic carbocycles. The van der Waals surface area contributed by atoms with Crippen molar-refractivity contribution in [2.24, 2.45) is 0 Å². The summed E-state index contributed by atoms with van der Waals surface area (Å²) in [5.74, 6) is 0.0593. The molecule has 0 radical (unpaired) electrons. The van der Waals surface area contributed by atoms with E-state index in [4.69, 9.17) is 0 Å². The van der Waals surface area contributed by atoms with Gasteiger partial charge in [0.25, 0.3) is 5.56 Å². The molecule has 1 N–H and O–H groups in total. The van der Waals surface area contributed by atoms with Crippen LogP contribution in [0.25, 0.3) is 10.2 Å². The van der Waals surface area contributed by atoms with Crippen LogP contribution in [0.5, 0.6) is 0 Å². The minimum absolute atomic E-state index is 0.0308. The molecule has 0 aliphatic heterocycles. The van der Waals surface area contributed by atoms with Gasteiger partial charge in [0.15, 0.2) is 5.16 Å². The maximum atomic E-state index is 12.6. The van der Waals surface area contributed by atoms with Gasteiger partial charge in [0, 0.05) is 16.7 Å². The number of nitrogens with one attached hydrogen (secondary N) is 1. The Labute approximate surface area is 161 Å². The van der Waals surface area contributed by atoms with E-state index in [1.54, 1.807) is 4.57 Å². The van der Waals surface area contributed by atoms with Gasteiger partial charge in [-0.15, -0.1) is 11.3 Å². The van der Waals surface area contributed by atoms with Crippen LogP contribution in [-0.2, 0) is 11.3 Å². The number of benzene rings is 1. The van der Waals surface area contributed by atoms with Crippen molar-refractivity contribution < 1.29 is 4.79 Å². The zero-order valence-electron chi connectivity index (χ0n) is 13.5. The van der Waals surface area contributed by atoms with Crippen LogP contribution in [0.15, 0.2) is 50.1 Å². The molecule has 2 aromatic heterocycles. The van der Waals surface area contributed by atoms with E-state index in [0.717, 1.165) is 16.6 Å². The molecular weight excluding hydrogens is 422 g/mol. The fraction of sp³-hybridized carbons (Fsp3) is 0.235. The molecule has 0 unspecified atom stereocenters. The molecule has 25 heavy (non-hydrogen) atoms. The Hall–Kier alpha value is -1.64. The van der Waals surface area contributed by atoms with Gasteiger partial charge in [-0.2, -0.15) is 0 Å². The Kier molecular flexibility index (Phi) is 5.93. The third-order valence-electron chi connectivity index (χ3n) is 3.42. The summed E-state index contributed by atoms with van der Waals surface area (Å²) >= 11 is 6.06. The topological polar surface area (TPSA) is 64.0 Å². The van der Waals surface area contributed by atoms with Gasteiger partial charge in [-0.3, -0.25) is 14.2 Å². The molecule has 5 nitrogen and oxygen atoms in total. The molecule has 0 aliphatic carbocycles. The van der Waals surface area contributed by atoms with Crippen LogP contribution < -0.4 is 10.9 Å². The fourth-order valence-electron chi connectivity index (χ4n) is 2.35. The molecule has 8 heteroatoms. The molecular formula is C17H16BrN3O2S2. The summed E-state index contributed by atoms with van der Waals surface area (Å²) in [5.41, 5.74) is 1.39. The predicted molar refractivity (Wildman–Crippen MR) is 108 cm³/mol.